The van der Waals surface area contributed by atoms with Crippen LogP contribution < -0.4 is 9.80 Å². The van der Waals surface area contributed by atoms with Crippen molar-refractivity contribution in [1.29, 1.82) is 0 Å². The fourth-order valence-electron chi connectivity index (χ4n) is 3.54. The molecule has 134 valence electrons. The molecular formula is C19H24ClN2O2P. The molecule has 2 amide bonds. The normalized spacial score (nSPS) is 22.9. The van der Waals surface area contributed by atoms with E-state index in [1.165, 1.54) is 4.90 Å². The average Bonchev–Trinajstić information content (AvgIpc) is 2.88. The maximum atomic E-state index is 12.8. The number of amides is 2. The lowest BCUT2D eigenvalue weighted by atomic mass is 9.86. The molecule has 0 saturated carbocycles. The van der Waals surface area contributed by atoms with E-state index in [0.717, 1.165) is 46.1 Å². The van der Waals surface area contributed by atoms with Crippen LogP contribution in [-0.2, 0) is 9.59 Å². The second-order valence-electron chi connectivity index (χ2n) is 6.40. The first-order valence-corrected chi connectivity index (χ1v) is 10.7. The van der Waals surface area contributed by atoms with E-state index in [2.05, 4.69) is 18.7 Å². The van der Waals surface area contributed by atoms with E-state index in [-0.39, 0.29) is 23.7 Å². The fourth-order valence-corrected chi connectivity index (χ4v) is 4.66. The number of halogens is 1. The number of nitrogens with zero attached hydrogens (tertiary/aromatic N) is 2. The molecule has 1 heterocycles. The van der Waals surface area contributed by atoms with E-state index in [0.29, 0.717) is 10.7 Å². The maximum absolute atomic E-state index is 12.8. The zero-order chi connectivity index (χ0) is 18.0. The maximum Gasteiger partial charge on any atom is 0.241 e. The van der Waals surface area contributed by atoms with Crippen molar-refractivity contribution >= 4 is 43.4 Å². The molecule has 1 aliphatic carbocycles. The Morgan fingerprint density at radius 2 is 2.08 bits per heavy atom. The Morgan fingerprint density at radius 3 is 2.76 bits per heavy atom. The van der Waals surface area contributed by atoms with Gasteiger partial charge >= 0.3 is 0 Å². The lowest BCUT2D eigenvalue weighted by Crippen LogP contribution is -2.31. The second kappa shape index (κ2) is 7.88. The summed E-state index contributed by atoms with van der Waals surface area (Å²) in [5.41, 5.74) is 1.53. The SMILES string of the molecule is CCPCN(CC)c1cc(N2C(=O)C3C=CCCC3C2=O)ccc1Cl. The Kier molecular flexibility index (Phi) is 5.81. The summed E-state index contributed by atoms with van der Waals surface area (Å²) >= 11 is 6.41. The Hall–Kier alpha value is -1.38. The minimum atomic E-state index is -0.302. The molecule has 1 saturated heterocycles. The van der Waals surface area contributed by atoms with E-state index in [1.807, 2.05) is 18.2 Å². The van der Waals surface area contributed by atoms with Gasteiger partial charge in [0.1, 0.15) is 0 Å². The summed E-state index contributed by atoms with van der Waals surface area (Å²) in [5.74, 6) is -0.700. The third-order valence-electron chi connectivity index (χ3n) is 4.93. The summed E-state index contributed by atoms with van der Waals surface area (Å²) < 4.78 is 0. The van der Waals surface area contributed by atoms with Gasteiger partial charge in [0.05, 0.1) is 28.2 Å². The van der Waals surface area contributed by atoms with Gasteiger partial charge in [-0.2, -0.15) is 0 Å². The van der Waals surface area contributed by atoms with Crippen LogP contribution in [0.25, 0.3) is 0 Å². The van der Waals surface area contributed by atoms with Gasteiger partial charge in [-0.3, -0.25) is 9.59 Å². The number of fused-ring (bicyclic) bond motifs is 1. The fraction of sp³-hybridized carbons (Fsp3) is 0.474. The van der Waals surface area contributed by atoms with Gasteiger partial charge < -0.3 is 4.90 Å². The molecule has 0 radical (unpaired) electrons. The van der Waals surface area contributed by atoms with Crippen molar-refractivity contribution in [3.05, 3.63) is 35.4 Å². The molecule has 6 heteroatoms. The van der Waals surface area contributed by atoms with Gasteiger partial charge in [-0.15, -0.1) is 8.58 Å². The van der Waals surface area contributed by atoms with Crippen molar-refractivity contribution in [2.24, 2.45) is 11.8 Å². The second-order valence-corrected chi connectivity index (χ2v) is 8.33. The molecule has 3 rings (SSSR count). The van der Waals surface area contributed by atoms with E-state index >= 15 is 0 Å². The summed E-state index contributed by atoms with van der Waals surface area (Å²) in [5, 5.41) is 0.655. The van der Waals surface area contributed by atoms with E-state index in [9.17, 15) is 9.59 Å². The lowest BCUT2D eigenvalue weighted by Gasteiger charge is -2.26. The van der Waals surface area contributed by atoms with Gasteiger partial charge in [0.2, 0.25) is 11.8 Å². The molecule has 1 fully saturated rings. The van der Waals surface area contributed by atoms with Gasteiger partial charge in [-0.25, -0.2) is 4.90 Å². The number of rotatable bonds is 6. The smallest absolute Gasteiger partial charge is 0.241 e. The highest BCUT2D eigenvalue weighted by Crippen LogP contribution is 2.39. The average molecular weight is 379 g/mol. The first-order valence-electron chi connectivity index (χ1n) is 8.88. The highest BCUT2D eigenvalue weighted by atomic mass is 35.5. The topological polar surface area (TPSA) is 40.6 Å². The summed E-state index contributed by atoms with van der Waals surface area (Å²) in [7, 11) is 0.829. The monoisotopic (exact) mass is 378 g/mol. The van der Waals surface area contributed by atoms with Crippen LogP contribution in [0.5, 0.6) is 0 Å². The molecule has 0 N–H and O–H groups in total. The minimum absolute atomic E-state index is 0.0777. The number of benzene rings is 1. The first-order chi connectivity index (χ1) is 12.1. The van der Waals surface area contributed by atoms with Crippen LogP contribution in [-0.4, -0.2) is 30.8 Å². The molecule has 3 atom stereocenters. The van der Waals surface area contributed by atoms with Crippen molar-refractivity contribution in [2.75, 3.05) is 28.8 Å². The standard InChI is InChI=1S/C19H24ClN2O2P/c1-3-21(12-25-4-2)17-11-13(9-10-16(17)20)22-18(23)14-7-5-6-8-15(14)19(22)24/h5,7,9-11,14-15,25H,3-4,6,8,12H2,1-2H3. The number of hydrogen-bond donors (Lipinski definition) is 0. The van der Waals surface area contributed by atoms with Crippen molar-refractivity contribution < 1.29 is 9.59 Å². The Bertz CT molecular complexity index is 707. The summed E-state index contributed by atoms with van der Waals surface area (Å²) in [6.07, 6.45) is 7.58. The van der Waals surface area contributed by atoms with Crippen LogP contribution in [0.2, 0.25) is 5.02 Å². The number of carbonyl (C=O) groups is 2. The molecular weight excluding hydrogens is 355 g/mol. The molecule has 3 unspecified atom stereocenters. The van der Waals surface area contributed by atoms with Crippen LogP contribution in [0.4, 0.5) is 11.4 Å². The number of imide groups is 1. The van der Waals surface area contributed by atoms with Crippen molar-refractivity contribution in [3.8, 4) is 0 Å². The number of carbonyl (C=O) groups excluding carboxylic acids is 2. The molecule has 4 nitrogen and oxygen atoms in total. The van der Waals surface area contributed by atoms with Crippen LogP contribution in [0.1, 0.15) is 26.7 Å². The van der Waals surface area contributed by atoms with Crippen molar-refractivity contribution in [1.82, 2.24) is 0 Å². The summed E-state index contributed by atoms with van der Waals surface area (Å²) in [6.45, 7) is 5.10. The van der Waals surface area contributed by atoms with Gasteiger partial charge in [0, 0.05) is 12.8 Å². The Morgan fingerprint density at radius 1 is 1.28 bits per heavy atom. The van der Waals surface area contributed by atoms with Gasteiger partial charge in [0.15, 0.2) is 0 Å². The summed E-state index contributed by atoms with van der Waals surface area (Å²) in [6, 6.07) is 5.46. The van der Waals surface area contributed by atoms with Crippen LogP contribution in [0.3, 0.4) is 0 Å². The lowest BCUT2D eigenvalue weighted by molar-refractivity contribution is -0.122. The molecule has 0 aromatic heterocycles. The van der Waals surface area contributed by atoms with Crippen LogP contribution in [0.15, 0.2) is 30.4 Å². The zero-order valence-electron chi connectivity index (χ0n) is 14.7. The van der Waals surface area contributed by atoms with Crippen LogP contribution >= 0.6 is 20.2 Å². The van der Waals surface area contributed by atoms with Gasteiger partial charge in [-0.1, -0.05) is 30.7 Å². The molecule has 2 aliphatic rings. The van der Waals surface area contributed by atoms with Crippen molar-refractivity contribution in [3.63, 3.8) is 0 Å². The quantitative estimate of drug-likeness (QED) is 0.421. The molecule has 0 bridgehead atoms. The van der Waals surface area contributed by atoms with E-state index in [4.69, 9.17) is 11.6 Å². The number of anilines is 2. The minimum Gasteiger partial charge on any atom is -0.367 e. The highest BCUT2D eigenvalue weighted by molar-refractivity contribution is 7.38. The number of allylic oxidation sites excluding steroid dienone is 1. The zero-order valence-corrected chi connectivity index (χ0v) is 16.4. The van der Waals surface area contributed by atoms with E-state index < -0.39 is 0 Å². The Labute approximate surface area is 156 Å². The third-order valence-corrected chi connectivity index (χ3v) is 6.35. The molecule has 25 heavy (non-hydrogen) atoms. The highest BCUT2D eigenvalue weighted by Gasteiger charge is 2.47. The van der Waals surface area contributed by atoms with Crippen molar-refractivity contribution in [2.45, 2.75) is 26.7 Å². The molecule has 1 aromatic rings. The van der Waals surface area contributed by atoms with Crippen LogP contribution in [0, 0.1) is 11.8 Å². The third kappa shape index (κ3) is 3.47. The molecule has 0 spiro atoms. The molecule has 1 aromatic carbocycles. The van der Waals surface area contributed by atoms with E-state index in [1.54, 1.807) is 12.1 Å². The molecule has 1 aliphatic heterocycles. The predicted octanol–water partition coefficient (Wildman–Crippen LogP) is 4.28. The van der Waals surface area contributed by atoms with Gasteiger partial charge in [-0.05, 0) is 44.1 Å². The Balaban J connectivity index is 1.93. The number of hydrogen-bond acceptors (Lipinski definition) is 3. The summed E-state index contributed by atoms with van der Waals surface area (Å²) in [4.78, 5) is 29.1. The van der Waals surface area contributed by atoms with Gasteiger partial charge in [0.25, 0.3) is 0 Å². The first kappa shape index (κ1) is 18.4. The predicted molar refractivity (Wildman–Crippen MR) is 106 cm³/mol. The largest absolute Gasteiger partial charge is 0.367 e.